The summed E-state index contributed by atoms with van der Waals surface area (Å²) in [6.45, 7) is 2.50. The molecule has 1 aromatic rings. The second-order valence-corrected chi connectivity index (χ2v) is 7.59. The molecule has 0 spiro atoms. The lowest BCUT2D eigenvalue weighted by atomic mass is 10.1. The van der Waals surface area contributed by atoms with Gasteiger partial charge in [0.2, 0.25) is 5.75 Å². The molecule has 0 fully saturated rings. The van der Waals surface area contributed by atoms with Gasteiger partial charge >= 0.3 is 5.69 Å². The lowest BCUT2D eigenvalue weighted by Crippen LogP contribution is -2.17. The molecule has 0 saturated carbocycles. The van der Waals surface area contributed by atoms with Crippen LogP contribution < -0.4 is 4.74 Å². The number of rotatable bonds is 7. The Labute approximate surface area is 130 Å². The zero-order valence-electron chi connectivity index (χ0n) is 11.5. The Hall–Kier alpha value is -1.48. The Bertz CT molecular complexity index is 635. The Kier molecular flexibility index (Phi) is 5.85. The standard InChI is InChI=1S/C12H14BrNO6S/c1-3-21(18,19)5-4-20-12-10(8(2)15)6-9(13)7-11(12)14(16)17/h6-7H,3-5H2,1-2H3. The van der Waals surface area contributed by atoms with Gasteiger partial charge in [0, 0.05) is 16.3 Å². The third-order valence-electron chi connectivity index (χ3n) is 2.69. The fourth-order valence-electron chi connectivity index (χ4n) is 1.54. The van der Waals surface area contributed by atoms with Crippen LogP contribution in [0.15, 0.2) is 16.6 Å². The molecule has 0 aliphatic carbocycles. The number of hydrogen-bond donors (Lipinski definition) is 0. The predicted molar refractivity (Wildman–Crippen MR) is 80.6 cm³/mol. The van der Waals surface area contributed by atoms with Crippen molar-refractivity contribution in [3.8, 4) is 5.75 Å². The third kappa shape index (κ3) is 4.78. The highest BCUT2D eigenvalue weighted by molar-refractivity contribution is 9.10. The molecule has 0 N–H and O–H groups in total. The summed E-state index contributed by atoms with van der Waals surface area (Å²) in [7, 11) is -3.25. The van der Waals surface area contributed by atoms with Gasteiger partial charge in [0.05, 0.1) is 16.2 Å². The minimum Gasteiger partial charge on any atom is -0.485 e. The first-order valence-electron chi connectivity index (χ1n) is 6.00. The molecule has 0 amide bonds. The monoisotopic (exact) mass is 379 g/mol. The zero-order chi connectivity index (χ0) is 16.2. The van der Waals surface area contributed by atoms with Crippen LogP contribution in [0.25, 0.3) is 0 Å². The molecule has 0 unspecified atom stereocenters. The Morgan fingerprint density at radius 3 is 2.52 bits per heavy atom. The average Bonchev–Trinajstić information content (AvgIpc) is 2.39. The van der Waals surface area contributed by atoms with Gasteiger partial charge in [-0.3, -0.25) is 14.9 Å². The van der Waals surface area contributed by atoms with Crippen molar-refractivity contribution in [1.29, 1.82) is 0 Å². The molecule has 116 valence electrons. The number of halogens is 1. The summed E-state index contributed by atoms with van der Waals surface area (Å²) in [6, 6.07) is 2.61. The topological polar surface area (TPSA) is 104 Å². The predicted octanol–water partition coefficient (Wildman–Crippen LogP) is 2.37. The summed E-state index contributed by atoms with van der Waals surface area (Å²) in [4.78, 5) is 21.9. The van der Waals surface area contributed by atoms with Crippen molar-refractivity contribution in [3.05, 3.63) is 32.3 Å². The lowest BCUT2D eigenvalue weighted by molar-refractivity contribution is -0.385. The quantitative estimate of drug-likeness (QED) is 0.409. The number of ether oxygens (including phenoxy) is 1. The van der Waals surface area contributed by atoms with E-state index in [0.717, 1.165) is 0 Å². The first kappa shape index (κ1) is 17.6. The summed E-state index contributed by atoms with van der Waals surface area (Å²) in [6.07, 6.45) is 0. The van der Waals surface area contributed by atoms with E-state index < -0.39 is 20.5 Å². The van der Waals surface area contributed by atoms with Gasteiger partial charge in [-0.2, -0.15) is 0 Å². The van der Waals surface area contributed by atoms with Crippen LogP contribution in [0, 0.1) is 10.1 Å². The number of Topliss-reactive ketones (excluding diaryl/α,β-unsaturated/α-hetero) is 1. The molecule has 21 heavy (non-hydrogen) atoms. The van der Waals surface area contributed by atoms with Crippen LogP contribution in [0.2, 0.25) is 0 Å². The number of benzene rings is 1. The molecule has 0 aliphatic heterocycles. The number of carbonyl (C=O) groups excluding carboxylic acids is 1. The summed E-state index contributed by atoms with van der Waals surface area (Å²) in [5.74, 6) is -0.929. The molecule has 0 bridgehead atoms. The van der Waals surface area contributed by atoms with Crippen LogP contribution in [-0.2, 0) is 9.84 Å². The van der Waals surface area contributed by atoms with Gasteiger partial charge in [-0.15, -0.1) is 0 Å². The zero-order valence-corrected chi connectivity index (χ0v) is 13.9. The van der Waals surface area contributed by atoms with Crippen LogP contribution in [-0.4, -0.2) is 37.2 Å². The molecule has 7 nitrogen and oxygen atoms in total. The van der Waals surface area contributed by atoms with Gasteiger partial charge in [-0.05, 0) is 13.0 Å². The van der Waals surface area contributed by atoms with E-state index in [2.05, 4.69) is 15.9 Å². The Morgan fingerprint density at radius 2 is 2.05 bits per heavy atom. The first-order chi connectivity index (χ1) is 9.68. The number of sulfone groups is 1. The fraction of sp³-hybridized carbons (Fsp3) is 0.417. The highest BCUT2D eigenvalue weighted by Gasteiger charge is 2.23. The van der Waals surface area contributed by atoms with Gasteiger partial charge < -0.3 is 4.74 Å². The molecule has 0 radical (unpaired) electrons. The van der Waals surface area contributed by atoms with Crippen LogP contribution >= 0.6 is 15.9 Å². The molecule has 1 rings (SSSR count). The molecule has 9 heteroatoms. The van der Waals surface area contributed by atoms with Gasteiger partial charge in [0.25, 0.3) is 0 Å². The van der Waals surface area contributed by atoms with E-state index in [1.807, 2.05) is 0 Å². The maximum atomic E-state index is 11.6. The number of nitrogens with zero attached hydrogens (tertiary/aromatic N) is 1. The second-order valence-electron chi connectivity index (χ2n) is 4.20. The number of nitro benzene ring substituents is 1. The SMILES string of the molecule is CCS(=O)(=O)CCOc1c(C(C)=O)cc(Br)cc1[N+](=O)[O-]. The van der Waals surface area contributed by atoms with Crippen molar-refractivity contribution in [2.75, 3.05) is 18.1 Å². The minimum absolute atomic E-state index is 0.0324. The molecule has 0 saturated heterocycles. The van der Waals surface area contributed by atoms with Crippen molar-refractivity contribution in [3.63, 3.8) is 0 Å². The largest absolute Gasteiger partial charge is 0.485 e. The van der Waals surface area contributed by atoms with Crippen molar-refractivity contribution in [2.24, 2.45) is 0 Å². The van der Waals surface area contributed by atoms with Crippen LogP contribution in [0.4, 0.5) is 5.69 Å². The van der Waals surface area contributed by atoms with Gasteiger partial charge in [-0.1, -0.05) is 22.9 Å². The van der Waals surface area contributed by atoms with E-state index in [9.17, 15) is 23.3 Å². The highest BCUT2D eigenvalue weighted by Crippen LogP contribution is 2.35. The normalized spacial score (nSPS) is 11.2. The number of ketones is 1. The molecule has 0 atom stereocenters. The van der Waals surface area contributed by atoms with Gasteiger partial charge in [0.1, 0.15) is 6.61 Å². The van der Waals surface area contributed by atoms with Crippen molar-refractivity contribution >= 4 is 37.2 Å². The summed E-state index contributed by atoms with van der Waals surface area (Å²) < 4.78 is 28.4. The molecule has 0 aliphatic rings. The van der Waals surface area contributed by atoms with E-state index in [0.29, 0.717) is 4.47 Å². The Balaban J connectivity index is 3.14. The lowest BCUT2D eigenvalue weighted by Gasteiger charge is -2.11. The number of hydrogen-bond acceptors (Lipinski definition) is 6. The summed E-state index contributed by atoms with van der Waals surface area (Å²) >= 11 is 3.09. The molecular formula is C12H14BrNO6S. The van der Waals surface area contributed by atoms with E-state index >= 15 is 0 Å². The van der Waals surface area contributed by atoms with Gasteiger partial charge in [-0.25, -0.2) is 8.42 Å². The van der Waals surface area contributed by atoms with Crippen molar-refractivity contribution in [2.45, 2.75) is 13.8 Å². The maximum Gasteiger partial charge on any atom is 0.312 e. The van der Waals surface area contributed by atoms with Gasteiger partial charge in [0.15, 0.2) is 15.6 Å². The second kappa shape index (κ2) is 6.99. The van der Waals surface area contributed by atoms with Crippen LogP contribution in [0.3, 0.4) is 0 Å². The fourth-order valence-corrected chi connectivity index (χ4v) is 2.61. The highest BCUT2D eigenvalue weighted by atomic mass is 79.9. The van der Waals surface area contributed by atoms with Crippen molar-refractivity contribution in [1.82, 2.24) is 0 Å². The summed E-state index contributed by atoms with van der Waals surface area (Å²) in [5, 5.41) is 11.0. The Morgan fingerprint density at radius 1 is 1.43 bits per heavy atom. The van der Waals surface area contributed by atoms with E-state index in [1.54, 1.807) is 0 Å². The molecule has 0 heterocycles. The van der Waals surface area contributed by atoms with Crippen molar-refractivity contribution < 1.29 is 22.9 Å². The third-order valence-corrected chi connectivity index (χ3v) is 4.82. The first-order valence-corrected chi connectivity index (χ1v) is 8.61. The van der Waals surface area contributed by atoms with E-state index in [1.165, 1.54) is 26.0 Å². The molecule has 1 aromatic carbocycles. The number of carbonyl (C=O) groups is 1. The average molecular weight is 380 g/mol. The molecular weight excluding hydrogens is 366 g/mol. The smallest absolute Gasteiger partial charge is 0.312 e. The minimum atomic E-state index is -3.25. The summed E-state index contributed by atoms with van der Waals surface area (Å²) in [5.41, 5.74) is -0.353. The van der Waals surface area contributed by atoms with E-state index in [-0.39, 0.29) is 35.1 Å². The van der Waals surface area contributed by atoms with Crippen LogP contribution in [0.5, 0.6) is 5.75 Å². The number of nitro groups is 1. The maximum absolute atomic E-state index is 11.6. The molecule has 0 aromatic heterocycles. The van der Waals surface area contributed by atoms with E-state index in [4.69, 9.17) is 4.74 Å². The van der Waals surface area contributed by atoms with Crippen LogP contribution in [0.1, 0.15) is 24.2 Å².